The largest absolute Gasteiger partial charge is 0.507 e. The molecule has 0 bridgehead atoms. The van der Waals surface area contributed by atoms with Crippen molar-refractivity contribution in [2.75, 3.05) is 6.61 Å². The smallest absolute Gasteiger partial charge is 0.273 e. The number of aromatic amines is 1. The van der Waals surface area contributed by atoms with E-state index in [0.717, 1.165) is 33.6 Å². The van der Waals surface area contributed by atoms with Crippen LogP contribution in [-0.4, -0.2) is 32.7 Å². The van der Waals surface area contributed by atoms with Gasteiger partial charge in [-0.05, 0) is 67.3 Å². The highest BCUT2D eigenvalue weighted by atomic mass is 35.5. The molecule has 0 aliphatic carbocycles. The number of carbonyl (C=O) groups excluding carboxylic acids is 1. The van der Waals surface area contributed by atoms with Crippen LogP contribution >= 0.6 is 11.6 Å². The molecule has 5 rings (SSSR count). The molecule has 1 aliphatic heterocycles. The number of benzene rings is 3. The second-order valence-electron chi connectivity index (χ2n) is 8.77. The van der Waals surface area contributed by atoms with Gasteiger partial charge in [0.2, 0.25) is 0 Å². The maximum absolute atomic E-state index is 13.7. The van der Waals surface area contributed by atoms with Crippen molar-refractivity contribution in [1.82, 2.24) is 15.1 Å². The van der Waals surface area contributed by atoms with Gasteiger partial charge in [-0.25, -0.2) is 0 Å². The molecular weight excluding hydrogens is 462 g/mol. The first kappa shape index (κ1) is 23.0. The van der Waals surface area contributed by atoms with Gasteiger partial charge in [0.1, 0.15) is 22.9 Å². The quantitative estimate of drug-likeness (QED) is 0.339. The fourth-order valence-electron chi connectivity index (χ4n) is 4.78. The third kappa shape index (κ3) is 4.04. The second kappa shape index (κ2) is 9.12. The number of aryl methyl sites for hydroxylation is 2. The van der Waals surface area contributed by atoms with Gasteiger partial charge < -0.3 is 14.7 Å². The maximum atomic E-state index is 13.7. The number of carbonyl (C=O) groups is 1. The molecular formula is C28H26ClN3O3. The van der Waals surface area contributed by atoms with Gasteiger partial charge >= 0.3 is 0 Å². The lowest BCUT2D eigenvalue weighted by atomic mass is 9.94. The lowest BCUT2D eigenvalue weighted by Gasteiger charge is -2.27. The molecule has 35 heavy (non-hydrogen) atoms. The Labute approximate surface area is 209 Å². The molecule has 0 fully saturated rings. The highest BCUT2D eigenvalue weighted by Gasteiger charge is 2.42. The number of ether oxygens (including phenoxy) is 1. The molecule has 6 nitrogen and oxygen atoms in total. The van der Waals surface area contributed by atoms with E-state index in [1.807, 2.05) is 81.4 Å². The van der Waals surface area contributed by atoms with Crippen LogP contribution in [0.5, 0.6) is 11.5 Å². The van der Waals surface area contributed by atoms with Crippen LogP contribution in [-0.2, 0) is 6.54 Å². The summed E-state index contributed by atoms with van der Waals surface area (Å²) in [5, 5.41) is 19.0. The third-order valence-corrected chi connectivity index (χ3v) is 6.74. The Kier molecular flexibility index (Phi) is 5.99. The fraction of sp³-hybridized carbons (Fsp3) is 0.214. The number of phenols is 1. The predicted octanol–water partition coefficient (Wildman–Crippen LogP) is 6.20. The Morgan fingerprint density at radius 3 is 2.57 bits per heavy atom. The Morgan fingerprint density at radius 2 is 1.86 bits per heavy atom. The molecule has 0 radical (unpaired) electrons. The van der Waals surface area contributed by atoms with Crippen molar-refractivity contribution < 1.29 is 14.6 Å². The number of aromatic hydroxyl groups is 1. The van der Waals surface area contributed by atoms with Crippen molar-refractivity contribution in [1.29, 1.82) is 0 Å². The number of fused-ring (bicyclic) bond motifs is 1. The van der Waals surface area contributed by atoms with E-state index in [-0.39, 0.29) is 11.7 Å². The van der Waals surface area contributed by atoms with Gasteiger partial charge in [-0.2, -0.15) is 5.10 Å². The maximum Gasteiger partial charge on any atom is 0.273 e. The lowest BCUT2D eigenvalue weighted by Crippen LogP contribution is -2.29. The van der Waals surface area contributed by atoms with Crippen molar-refractivity contribution in [3.05, 3.63) is 99.2 Å². The summed E-state index contributed by atoms with van der Waals surface area (Å²) >= 11 is 6.46. The Balaban J connectivity index is 1.67. The van der Waals surface area contributed by atoms with Crippen LogP contribution < -0.4 is 4.74 Å². The van der Waals surface area contributed by atoms with Crippen LogP contribution in [0, 0.1) is 13.8 Å². The summed E-state index contributed by atoms with van der Waals surface area (Å²) in [4.78, 5) is 15.4. The van der Waals surface area contributed by atoms with E-state index in [9.17, 15) is 9.90 Å². The summed E-state index contributed by atoms with van der Waals surface area (Å²) in [6.07, 6.45) is 0. The minimum atomic E-state index is -0.418. The molecule has 2 N–H and O–H groups in total. The second-order valence-corrected chi connectivity index (χ2v) is 9.18. The van der Waals surface area contributed by atoms with Gasteiger partial charge in [0.05, 0.1) is 12.6 Å². The number of hydrogen-bond donors (Lipinski definition) is 2. The number of nitrogens with zero attached hydrogens (tertiary/aromatic N) is 2. The highest BCUT2D eigenvalue weighted by molar-refractivity contribution is 6.31. The van der Waals surface area contributed by atoms with E-state index in [1.54, 1.807) is 4.90 Å². The third-order valence-electron chi connectivity index (χ3n) is 6.37. The first-order chi connectivity index (χ1) is 16.9. The molecule has 1 aromatic heterocycles. The van der Waals surface area contributed by atoms with Gasteiger partial charge in [-0.1, -0.05) is 48.0 Å². The van der Waals surface area contributed by atoms with E-state index in [1.165, 1.54) is 0 Å². The number of hydrogen-bond acceptors (Lipinski definition) is 4. The summed E-state index contributed by atoms with van der Waals surface area (Å²) < 4.78 is 5.62. The van der Waals surface area contributed by atoms with E-state index in [0.29, 0.717) is 35.1 Å². The van der Waals surface area contributed by atoms with Crippen molar-refractivity contribution in [3.63, 3.8) is 0 Å². The summed E-state index contributed by atoms with van der Waals surface area (Å²) in [6.45, 7) is 6.67. The van der Waals surface area contributed by atoms with E-state index >= 15 is 0 Å². The molecule has 1 unspecified atom stereocenters. The number of aromatic nitrogens is 2. The van der Waals surface area contributed by atoms with Gasteiger partial charge in [0.15, 0.2) is 0 Å². The zero-order valence-electron chi connectivity index (χ0n) is 19.8. The first-order valence-corrected chi connectivity index (χ1v) is 11.9. The zero-order chi connectivity index (χ0) is 24.7. The number of halogens is 1. The molecule has 0 saturated carbocycles. The molecule has 0 saturated heterocycles. The molecule has 1 atom stereocenters. The lowest BCUT2D eigenvalue weighted by molar-refractivity contribution is 0.0730. The number of rotatable bonds is 6. The van der Waals surface area contributed by atoms with Crippen molar-refractivity contribution in [2.45, 2.75) is 33.4 Å². The van der Waals surface area contributed by atoms with E-state index in [2.05, 4.69) is 10.2 Å². The van der Waals surface area contributed by atoms with E-state index < -0.39 is 6.04 Å². The van der Waals surface area contributed by atoms with Crippen LogP contribution in [0.2, 0.25) is 5.02 Å². The van der Waals surface area contributed by atoms with Crippen LogP contribution in [0.15, 0.2) is 60.7 Å². The topological polar surface area (TPSA) is 78.5 Å². The molecule has 2 heterocycles. The Morgan fingerprint density at radius 1 is 1.11 bits per heavy atom. The summed E-state index contributed by atoms with van der Waals surface area (Å²) in [6, 6.07) is 18.7. The average molecular weight is 488 g/mol. The molecule has 0 spiro atoms. The zero-order valence-corrected chi connectivity index (χ0v) is 20.6. The monoisotopic (exact) mass is 487 g/mol. The molecule has 178 valence electrons. The highest BCUT2D eigenvalue weighted by Crippen LogP contribution is 2.46. The minimum absolute atomic E-state index is 0.160. The number of amides is 1. The van der Waals surface area contributed by atoms with Crippen molar-refractivity contribution >= 4 is 17.5 Å². The number of H-pyrrole nitrogens is 1. The average Bonchev–Trinajstić information content (AvgIpc) is 3.38. The van der Waals surface area contributed by atoms with Crippen LogP contribution in [0.1, 0.15) is 51.3 Å². The van der Waals surface area contributed by atoms with Crippen LogP contribution in [0.25, 0.3) is 11.3 Å². The van der Waals surface area contributed by atoms with Crippen molar-refractivity contribution in [3.8, 4) is 22.8 Å². The Bertz CT molecular complexity index is 1410. The molecule has 4 aromatic rings. The van der Waals surface area contributed by atoms with Crippen LogP contribution in [0.4, 0.5) is 0 Å². The number of phenolic OH excluding ortho intramolecular Hbond substituents is 1. The molecule has 1 amide bonds. The van der Waals surface area contributed by atoms with E-state index in [4.69, 9.17) is 16.3 Å². The normalized spacial score (nSPS) is 14.9. The molecule has 7 heteroatoms. The standard InChI is InChI=1S/C28H26ClN3O3/c1-4-35-20-11-9-18(10-12-20)26-23-24(21-14-16(2)13-17(3)27(21)33)30-31-25(23)28(34)32(26)15-19-7-5-6-8-22(19)29/h5-14,26,33H,4,15H2,1-3H3,(H,30,31). The van der Waals surface area contributed by atoms with Gasteiger partial charge in [0, 0.05) is 22.7 Å². The predicted molar refractivity (Wildman–Crippen MR) is 136 cm³/mol. The first-order valence-electron chi connectivity index (χ1n) is 11.5. The van der Waals surface area contributed by atoms with Gasteiger partial charge in [0.25, 0.3) is 5.91 Å². The summed E-state index contributed by atoms with van der Waals surface area (Å²) in [7, 11) is 0. The number of nitrogens with one attached hydrogen (secondary N) is 1. The Hall–Kier alpha value is -3.77. The minimum Gasteiger partial charge on any atom is -0.507 e. The van der Waals surface area contributed by atoms with Gasteiger partial charge in [-0.15, -0.1) is 0 Å². The molecule has 3 aromatic carbocycles. The summed E-state index contributed by atoms with van der Waals surface area (Å²) in [5.74, 6) is 0.756. The SMILES string of the molecule is CCOc1ccc(C2c3c(-c4cc(C)cc(C)c4O)n[nH]c3C(=O)N2Cc2ccccc2Cl)cc1. The molecule has 1 aliphatic rings. The van der Waals surface area contributed by atoms with Crippen molar-refractivity contribution in [2.24, 2.45) is 0 Å². The van der Waals surface area contributed by atoms with Gasteiger partial charge in [-0.3, -0.25) is 9.89 Å². The van der Waals surface area contributed by atoms with Crippen LogP contribution in [0.3, 0.4) is 0 Å². The fourth-order valence-corrected chi connectivity index (χ4v) is 4.97. The summed E-state index contributed by atoms with van der Waals surface area (Å²) in [5.41, 5.74) is 5.86.